The number of hydrogen-bond donors (Lipinski definition) is 1. The number of hydrogen-bond acceptors (Lipinski definition) is 4. The zero-order valence-corrected chi connectivity index (χ0v) is 11.0. The Kier molecular flexibility index (Phi) is 7.10. The summed E-state index contributed by atoms with van der Waals surface area (Å²) in [5, 5.41) is 3.26. The van der Waals surface area contributed by atoms with Crippen LogP contribution in [0.4, 0.5) is 0 Å². The van der Waals surface area contributed by atoms with Crippen molar-refractivity contribution in [3.63, 3.8) is 0 Å². The van der Waals surface area contributed by atoms with E-state index in [2.05, 4.69) is 11.9 Å². The molecule has 1 N–H and O–H groups in total. The second kappa shape index (κ2) is 8.69. The summed E-state index contributed by atoms with van der Waals surface area (Å²) < 4.78 is 15.8. The van der Waals surface area contributed by atoms with Gasteiger partial charge in [0.05, 0.1) is 0 Å². The average Bonchev–Trinajstić information content (AvgIpc) is 2.42. The molecule has 1 aromatic rings. The summed E-state index contributed by atoms with van der Waals surface area (Å²) in [6.07, 6.45) is 1.50. The van der Waals surface area contributed by atoms with Gasteiger partial charge in [0.25, 0.3) is 0 Å². The van der Waals surface area contributed by atoms with Crippen molar-refractivity contribution < 1.29 is 14.2 Å². The van der Waals surface area contributed by atoms with E-state index in [9.17, 15) is 0 Å². The topological polar surface area (TPSA) is 39.7 Å². The minimum atomic E-state index is -0.230. The Balaban J connectivity index is 2.47. The molecule has 18 heavy (non-hydrogen) atoms. The normalized spacial score (nSPS) is 10.6. The second-order valence-corrected chi connectivity index (χ2v) is 3.74. The van der Waals surface area contributed by atoms with Crippen molar-refractivity contribution in [3.8, 4) is 5.75 Å². The molecule has 0 amide bonds. The van der Waals surface area contributed by atoms with Gasteiger partial charge in [-0.3, -0.25) is 0 Å². The van der Waals surface area contributed by atoms with Crippen molar-refractivity contribution in [1.29, 1.82) is 0 Å². The van der Waals surface area contributed by atoms with Gasteiger partial charge in [-0.2, -0.15) is 0 Å². The summed E-state index contributed by atoms with van der Waals surface area (Å²) in [5.74, 6) is 0.872. The lowest BCUT2D eigenvalue weighted by atomic mass is 10.2. The molecule has 0 heterocycles. The van der Waals surface area contributed by atoms with Crippen LogP contribution in [0.5, 0.6) is 5.75 Å². The molecule has 0 aromatic heterocycles. The summed E-state index contributed by atoms with van der Waals surface area (Å²) in [6.45, 7) is 5.48. The number of methoxy groups -OCH3 is 2. The lowest BCUT2D eigenvalue weighted by Crippen LogP contribution is -2.29. The van der Waals surface area contributed by atoms with Crippen LogP contribution in [0.3, 0.4) is 0 Å². The Morgan fingerprint density at radius 1 is 1.28 bits per heavy atom. The molecule has 4 nitrogen and oxygen atoms in total. The van der Waals surface area contributed by atoms with E-state index in [4.69, 9.17) is 14.2 Å². The SMILES string of the molecule is C=CCOc1ccccc1CNCC(OC)OC. The maximum Gasteiger partial charge on any atom is 0.169 e. The van der Waals surface area contributed by atoms with Gasteiger partial charge in [0.1, 0.15) is 12.4 Å². The monoisotopic (exact) mass is 251 g/mol. The van der Waals surface area contributed by atoms with Gasteiger partial charge in [0.2, 0.25) is 0 Å². The van der Waals surface area contributed by atoms with E-state index in [0.717, 1.165) is 11.3 Å². The summed E-state index contributed by atoms with van der Waals surface area (Å²) in [4.78, 5) is 0. The maximum atomic E-state index is 5.58. The highest BCUT2D eigenvalue weighted by molar-refractivity contribution is 5.33. The lowest BCUT2D eigenvalue weighted by molar-refractivity contribution is -0.0989. The second-order valence-electron chi connectivity index (χ2n) is 3.74. The number of para-hydroxylation sites is 1. The van der Waals surface area contributed by atoms with Crippen molar-refractivity contribution in [2.45, 2.75) is 12.8 Å². The van der Waals surface area contributed by atoms with Crippen LogP contribution in [0.2, 0.25) is 0 Å². The zero-order chi connectivity index (χ0) is 13.2. The first-order valence-corrected chi connectivity index (χ1v) is 5.89. The molecule has 1 aromatic carbocycles. The molecule has 0 aliphatic carbocycles. The van der Waals surface area contributed by atoms with Crippen LogP contribution in [0, 0.1) is 0 Å². The molecule has 100 valence electrons. The van der Waals surface area contributed by atoms with Gasteiger partial charge in [-0.25, -0.2) is 0 Å². The van der Waals surface area contributed by atoms with Crippen molar-refractivity contribution >= 4 is 0 Å². The van der Waals surface area contributed by atoms with E-state index >= 15 is 0 Å². The van der Waals surface area contributed by atoms with Crippen LogP contribution in [0.1, 0.15) is 5.56 Å². The van der Waals surface area contributed by atoms with Crippen LogP contribution in [-0.4, -0.2) is 33.7 Å². The first kappa shape index (κ1) is 14.7. The molecule has 0 saturated heterocycles. The Bertz CT molecular complexity index is 351. The summed E-state index contributed by atoms with van der Waals surface area (Å²) in [5.41, 5.74) is 1.10. The predicted molar refractivity (Wildman–Crippen MR) is 71.6 cm³/mol. The summed E-state index contributed by atoms with van der Waals surface area (Å²) in [7, 11) is 3.24. The Hall–Kier alpha value is -1.36. The molecule has 0 fully saturated rings. The Labute approximate surface area is 109 Å². The third-order valence-corrected chi connectivity index (χ3v) is 2.48. The number of nitrogens with one attached hydrogen (secondary N) is 1. The fourth-order valence-electron chi connectivity index (χ4n) is 1.53. The van der Waals surface area contributed by atoms with Gasteiger partial charge in [0, 0.05) is 32.9 Å². The quantitative estimate of drug-likeness (QED) is 0.538. The molecule has 0 atom stereocenters. The number of benzene rings is 1. The highest BCUT2D eigenvalue weighted by Crippen LogP contribution is 2.17. The fraction of sp³-hybridized carbons (Fsp3) is 0.429. The highest BCUT2D eigenvalue weighted by Gasteiger charge is 2.06. The molecule has 0 saturated carbocycles. The van der Waals surface area contributed by atoms with Gasteiger partial charge in [-0.1, -0.05) is 30.9 Å². The van der Waals surface area contributed by atoms with Crippen LogP contribution < -0.4 is 10.1 Å². The van der Waals surface area contributed by atoms with E-state index in [-0.39, 0.29) is 6.29 Å². The van der Waals surface area contributed by atoms with E-state index in [1.165, 1.54) is 0 Å². The van der Waals surface area contributed by atoms with Crippen LogP contribution in [0.15, 0.2) is 36.9 Å². The third-order valence-electron chi connectivity index (χ3n) is 2.48. The Morgan fingerprint density at radius 3 is 2.67 bits per heavy atom. The molecule has 4 heteroatoms. The van der Waals surface area contributed by atoms with Crippen molar-refractivity contribution in [1.82, 2.24) is 5.32 Å². The first-order valence-electron chi connectivity index (χ1n) is 5.89. The van der Waals surface area contributed by atoms with E-state index in [1.807, 2.05) is 24.3 Å². The molecule has 0 radical (unpaired) electrons. The smallest absolute Gasteiger partial charge is 0.169 e. The molecular weight excluding hydrogens is 230 g/mol. The Morgan fingerprint density at radius 2 is 2.00 bits per heavy atom. The molecule has 0 aliphatic rings. The molecule has 0 aliphatic heterocycles. The summed E-state index contributed by atoms with van der Waals surface area (Å²) in [6, 6.07) is 7.92. The van der Waals surface area contributed by atoms with E-state index in [0.29, 0.717) is 19.7 Å². The molecule has 0 unspecified atom stereocenters. The standard InChI is InChI=1S/C14H21NO3/c1-4-9-18-13-8-6-5-7-12(13)10-15-11-14(16-2)17-3/h4-8,14-15H,1,9-11H2,2-3H3. The first-order chi connectivity index (χ1) is 8.81. The van der Waals surface area contributed by atoms with E-state index in [1.54, 1.807) is 20.3 Å². The van der Waals surface area contributed by atoms with Gasteiger partial charge < -0.3 is 19.5 Å². The van der Waals surface area contributed by atoms with Gasteiger partial charge >= 0.3 is 0 Å². The highest BCUT2D eigenvalue weighted by atomic mass is 16.7. The van der Waals surface area contributed by atoms with Crippen LogP contribution >= 0.6 is 0 Å². The van der Waals surface area contributed by atoms with Crippen LogP contribution in [0.25, 0.3) is 0 Å². The number of ether oxygens (including phenoxy) is 3. The molecule has 0 spiro atoms. The van der Waals surface area contributed by atoms with Gasteiger partial charge in [-0.15, -0.1) is 0 Å². The maximum absolute atomic E-state index is 5.58. The fourth-order valence-corrected chi connectivity index (χ4v) is 1.53. The molecule has 0 bridgehead atoms. The average molecular weight is 251 g/mol. The zero-order valence-electron chi connectivity index (χ0n) is 11.0. The number of rotatable bonds is 9. The summed E-state index contributed by atoms with van der Waals surface area (Å²) >= 11 is 0. The third kappa shape index (κ3) is 4.87. The van der Waals surface area contributed by atoms with E-state index < -0.39 is 0 Å². The van der Waals surface area contributed by atoms with Gasteiger partial charge in [-0.05, 0) is 6.07 Å². The van der Waals surface area contributed by atoms with Gasteiger partial charge in [0.15, 0.2) is 6.29 Å². The minimum absolute atomic E-state index is 0.230. The minimum Gasteiger partial charge on any atom is -0.489 e. The van der Waals surface area contributed by atoms with Crippen LogP contribution in [-0.2, 0) is 16.0 Å². The molecule has 1 rings (SSSR count). The predicted octanol–water partition coefficient (Wildman–Crippen LogP) is 1.96. The lowest BCUT2D eigenvalue weighted by Gasteiger charge is -2.15. The van der Waals surface area contributed by atoms with Crippen molar-refractivity contribution in [2.75, 3.05) is 27.4 Å². The van der Waals surface area contributed by atoms with Crippen molar-refractivity contribution in [2.24, 2.45) is 0 Å². The molecular formula is C14H21NO3. The largest absolute Gasteiger partial charge is 0.489 e. The van der Waals surface area contributed by atoms with Crippen molar-refractivity contribution in [3.05, 3.63) is 42.5 Å².